The van der Waals surface area contributed by atoms with E-state index in [1.165, 1.54) is 0 Å². The Bertz CT molecular complexity index is 557. The lowest BCUT2D eigenvalue weighted by molar-refractivity contribution is 0.0699. The molecule has 0 saturated carbocycles. The molecule has 1 atom stereocenters. The van der Waals surface area contributed by atoms with Crippen LogP contribution in [0.3, 0.4) is 0 Å². The summed E-state index contributed by atoms with van der Waals surface area (Å²) in [4.78, 5) is 4.70. The van der Waals surface area contributed by atoms with E-state index >= 15 is 0 Å². The number of nitrogens with one attached hydrogen (secondary N) is 2. The van der Waals surface area contributed by atoms with Gasteiger partial charge in [0.2, 0.25) is 0 Å². The Labute approximate surface area is 168 Å². The van der Waals surface area contributed by atoms with Crippen LogP contribution >= 0.6 is 0 Å². The Morgan fingerprint density at radius 3 is 2.71 bits per heavy atom. The predicted octanol–water partition coefficient (Wildman–Crippen LogP) is 3.06. The van der Waals surface area contributed by atoms with E-state index in [-0.39, 0.29) is 12.2 Å². The molecule has 0 aromatic heterocycles. The molecule has 28 heavy (non-hydrogen) atoms. The number of rotatable bonds is 12. The first-order chi connectivity index (χ1) is 13.7. The van der Waals surface area contributed by atoms with Gasteiger partial charge in [0.05, 0.1) is 32.0 Å². The van der Waals surface area contributed by atoms with E-state index in [2.05, 4.69) is 10.6 Å². The molecule has 1 fully saturated rings. The van der Waals surface area contributed by atoms with Crippen molar-refractivity contribution in [2.75, 3.05) is 51.9 Å². The first-order valence-corrected chi connectivity index (χ1v) is 10.2. The first-order valence-electron chi connectivity index (χ1n) is 10.2. The molecule has 1 heterocycles. The second-order valence-corrected chi connectivity index (χ2v) is 7.03. The Kier molecular flexibility index (Phi) is 10.7. The number of hydrogen-bond acceptors (Lipinski definition) is 5. The molecule has 0 spiro atoms. The standard InChI is InChI=1S/C21H35N3O4/c1-17(2)28-19-9-7-18(8-10-19)24-21(23-16-20-6-4-13-27-20)22-11-5-12-26-15-14-25-3/h7-10,17,20H,4-6,11-16H2,1-3H3,(H2,22,23,24). The van der Waals surface area contributed by atoms with Crippen LogP contribution in [-0.2, 0) is 14.2 Å². The second kappa shape index (κ2) is 13.4. The largest absolute Gasteiger partial charge is 0.491 e. The van der Waals surface area contributed by atoms with Gasteiger partial charge in [0.25, 0.3) is 0 Å². The third kappa shape index (κ3) is 9.39. The number of ether oxygens (including phenoxy) is 4. The van der Waals surface area contributed by atoms with Crippen molar-refractivity contribution >= 4 is 11.6 Å². The highest BCUT2D eigenvalue weighted by Gasteiger charge is 2.15. The summed E-state index contributed by atoms with van der Waals surface area (Å²) in [5.41, 5.74) is 0.964. The number of guanidine groups is 1. The molecular formula is C21H35N3O4. The maximum Gasteiger partial charge on any atom is 0.195 e. The van der Waals surface area contributed by atoms with E-state index in [9.17, 15) is 0 Å². The van der Waals surface area contributed by atoms with Gasteiger partial charge in [-0.25, -0.2) is 0 Å². The SMILES string of the molecule is COCCOCCCNC(=NCC1CCCO1)Nc1ccc(OC(C)C)cc1. The first kappa shape index (κ1) is 22.5. The summed E-state index contributed by atoms with van der Waals surface area (Å²) in [5.74, 6) is 1.62. The fourth-order valence-corrected chi connectivity index (χ4v) is 2.77. The van der Waals surface area contributed by atoms with E-state index in [0.717, 1.165) is 49.8 Å². The predicted molar refractivity (Wildman–Crippen MR) is 112 cm³/mol. The van der Waals surface area contributed by atoms with E-state index in [4.69, 9.17) is 23.9 Å². The Balaban J connectivity index is 1.83. The van der Waals surface area contributed by atoms with Crippen LogP contribution < -0.4 is 15.4 Å². The minimum Gasteiger partial charge on any atom is -0.491 e. The lowest BCUT2D eigenvalue weighted by atomic mass is 10.2. The highest BCUT2D eigenvalue weighted by atomic mass is 16.5. The average molecular weight is 394 g/mol. The van der Waals surface area contributed by atoms with Crippen LogP contribution in [-0.4, -0.2) is 64.8 Å². The number of aliphatic imine (C=N–C) groups is 1. The van der Waals surface area contributed by atoms with Crippen LogP contribution in [0.4, 0.5) is 5.69 Å². The molecule has 2 N–H and O–H groups in total. The minimum absolute atomic E-state index is 0.162. The van der Waals surface area contributed by atoms with Crippen molar-refractivity contribution in [1.29, 1.82) is 0 Å². The number of hydrogen-bond donors (Lipinski definition) is 2. The molecule has 2 rings (SSSR count). The molecule has 0 bridgehead atoms. The van der Waals surface area contributed by atoms with Crippen LogP contribution in [0.1, 0.15) is 33.1 Å². The maximum absolute atomic E-state index is 5.70. The third-order valence-electron chi connectivity index (χ3n) is 4.16. The molecule has 1 saturated heterocycles. The van der Waals surface area contributed by atoms with Crippen molar-refractivity contribution < 1.29 is 18.9 Å². The van der Waals surface area contributed by atoms with Crippen LogP contribution in [0.15, 0.2) is 29.3 Å². The van der Waals surface area contributed by atoms with Gasteiger partial charge < -0.3 is 29.6 Å². The van der Waals surface area contributed by atoms with E-state index < -0.39 is 0 Å². The smallest absolute Gasteiger partial charge is 0.195 e. The summed E-state index contributed by atoms with van der Waals surface area (Å²) in [6.45, 7) is 8.26. The normalized spacial score (nSPS) is 17.1. The zero-order valence-corrected chi connectivity index (χ0v) is 17.4. The second-order valence-electron chi connectivity index (χ2n) is 7.03. The quantitative estimate of drug-likeness (QED) is 0.323. The van der Waals surface area contributed by atoms with Gasteiger partial charge in [-0.05, 0) is 57.4 Å². The summed E-state index contributed by atoms with van der Waals surface area (Å²) in [6.07, 6.45) is 3.47. The van der Waals surface area contributed by atoms with Gasteiger partial charge in [-0.1, -0.05) is 0 Å². The Morgan fingerprint density at radius 2 is 2.04 bits per heavy atom. The summed E-state index contributed by atoms with van der Waals surface area (Å²) >= 11 is 0. The molecule has 0 amide bonds. The molecule has 1 unspecified atom stereocenters. The highest BCUT2D eigenvalue weighted by molar-refractivity contribution is 5.93. The monoisotopic (exact) mass is 393 g/mol. The van der Waals surface area contributed by atoms with Gasteiger partial charge in [-0.2, -0.15) is 0 Å². The van der Waals surface area contributed by atoms with Crippen molar-refractivity contribution in [3.8, 4) is 5.75 Å². The van der Waals surface area contributed by atoms with Crippen molar-refractivity contribution in [3.05, 3.63) is 24.3 Å². The van der Waals surface area contributed by atoms with Crippen molar-refractivity contribution in [2.45, 2.75) is 45.3 Å². The molecule has 7 nitrogen and oxygen atoms in total. The fourth-order valence-electron chi connectivity index (χ4n) is 2.77. The Hall–Kier alpha value is -1.83. The van der Waals surface area contributed by atoms with Gasteiger partial charge >= 0.3 is 0 Å². The van der Waals surface area contributed by atoms with Crippen molar-refractivity contribution in [3.63, 3.8) is 0 Å². The molecule has 158 valence electrons. The summed E-state index contributed by atoms with van der Waals surface area (Å²) in [5, 5.41) is 6.73. The van der Waals surface area contributed by atoms with Gasteiger partial charge in [0.15, 0.2) is 5.96 Å². The molecule has 1 aliphatic rings. The molecular weight excluding hydrogens is 358 g/mol. The van der Waals surface area contributed by atoms with E-state index in [1.54, 1.807) is 7.11 Å². The van der Waals surface area contributed by atoms with Crippen LogP contribution in [0.25, 0.3) is 0 Å². The molecule has 1 aromatic carbocycles. The summed E-state index contributed by atoms with van der Waals surface area (Å²) in [7, 11) is 1.68. The number of benzene rings is 1. The van der Waals surface area contributed by atoms with Crippen LogP contribution in [0.2, 0.25) is 0 Å². The zero-order valence-electron chi connectivity index (χ0n) is 17.4. The average Bonchev–Trinajstić information content (AvgIpc) is 3.20. The van der Waals surface area contributed by atoms with Gasteiger partial charge in [0.1, 0.15) is 5.75 Å². The topological polar surface area (TPSA) is 73.3 Å². The van der Waals surface area contributed by atoms with E-state index in [0.29, 0.717) is 26.4 Å². The van der Waals surface area contributed by atoms with Gasteiger partial charge in [0, 0.05) is 32.6 Å². The molecule has 0 radical (unpaired) electrons. The minimum atomic E-state index is 0.162. The van der Waals surface area contributed by atoms with Crippen LogP contribution in [0.5, 0.6) is 5.75 Å². The molecule has 1 aliphatic heterocycles. The number of anilines is 1. The van der Waals surface area contributed by atoms with Crippen molar-refractivity contribution in [2.24, 2.45) is 4.99 Å². The summed E-state index contributed by atoms with van der Waals surface area (Å²) < 4.78 is 21.8. The van der Waals surface area contributed by atoms with E-state index in [1.807, 2.05) is 38.1 Å². The van der Waals surface area contributed by atoms with Gasteiger partial charge in [-0.3, -0.25) is 4.99 Å². The lowest BCUT2D eigenvalue weighted by Crippen LogP contribution is -2.33. The Morgan fingerprint density at radius 1 is 1.21 bits per heavy atom. The molecule has 1 aromatic rings. The zero-order chi connectivity index (χ0) is 20.0. The van der Waals surface area contributed by atoms with Crippen LogP contribution in [0, 0.1) is 0 Å². The van der Waals surface area contributed by atoms with Gasteiger partial charge in [-0.15, -0.1) is 0 Å². The summed E-state index contributed by atoms with van der Waals surface area (Å²) in [6, 6.07) is 7.91. The number of methoxy groups -OCH3 is 1. The third-order valence-corrected chi connectivity index (χ3v) is 4.16. The molecule has 7 heteroatoms. The maximum atomic E-state index is 5.70. The fraction of sp³-hybridized carbons (Fsp3) is 0.667. The number of nitrogens with zero attached hydrogens (tertiary/aromatic N) is 1. The van der Waals surface area contributed by atoms with Crippen molar-refractivity contribution in [1.82, 2.24) is 5.32 Å². The highest BCUT2D eigenvalue weighted by Crippen LogP contribution is 2.17. The lowest BCUT2D eigenvalue weighted by Gasteiger charge is -2.15. The molecule has 0 aliphatic carbocycles.